The monoisotopic (exact) mass is 1640 g/mol. The molecule has 0 amide bonds. The van der Waals surface area contributed by atoms with Crippen molar-refractivity contribution in [3.05, 3.63) is 411 Å². The van der Waals surface area contributed by atoms with E-state index in [1.54, 1.807) is 0 Å². The number of rotatable bonds is 11. The van der Waals surface area contributed by atoms with Gasteiger partial charge in [0.25, 0.3) is 13.4 Å². The Morgan fingerprint density at radius 3 is 1.10 bits per heavy atom. The Bertz CT molecular complexity index is 7680. The lowest BCUT2D eigenvalue weighted by molar-refractivity contribution is 0.466. The highest BCUT2D eigenvalue weighted by atomic mass is 16.5. The van der Waals surface area contributed by atoms with Gasteiger partial charge in [-0.3, -0.25) is 0 Å². The number of aromatic nitrogens is 2. The van der Waals surface area contributed by atoms with Gasteiger partial charge in [-0.1, -0.05) is 372 Å². The summed E-state index contributed by atoms with van der Waals surface area (Å²) >= 11 is 0. The van der Waals surface area contributed by atoms with Crippen LogP contribution in [0.5, 0.6) is 23.0 Å². The zero-order chi connectivity index (χ0) is 86.2. The van der Waals surface area contributed by atoms with Gasteiger partial charge in [0.15, 0.2) is 0 Å². The summed E-state index contributed by atoms with van der Waals surface area (Å²) < 4.78 is 21.6. The van der Waals surface area contributed by atoms with Gasteiger partial charge in [-0.2, -0.15) is 0 Å². The van der Waals surface area contributed by atoms with Gasteiger partial charge in [0.05, 0.1) is 39.1 Å². The van der Waals surface area contributed by atoms with Crippen LogP contribution in [0.1, 0.15) is 79.0 Å². The SMILES string of the molecule is CC(C)(C)c1cc2c3c(c1)N(c1c(-c4ccccc4)cccc1-c1ccccc1)c1cc4c5c(c1B3c1ccc(-c3ccc(-n6c7ccc(C(C)(C)C)cc7c7cc(C(C)(C)C)ccc76)cc3)cc1N2c1c(-c2ccccc2)cccc1-c1ccccc1)Oc1ccc(-c2ccccc2)cc1B5c1cc(-c2ccccc2)cc(-n2c3ccccc3c3ccccc32)c1O4. The van der Waals surface area contributed by atoms with Gasteiger partial charge in [-0.15, -0.1) is 0 Å². The fourth-order valence-corrected chi connectivity index (χ4v) is 21.2. The maximum atomic E-state index is 8.35. The smallest absolute Gasteiger partial charge is 0.260 e. The summed E-state index contributed by atoms with van der Waals surface area (Å²) in [5.74, 6) is 3.09. The second-order valence-corrected chi connectivity index (χ2v) is 38.2. The van der Waals surface area contributed by atoms with E-state index in [9.17, 15) is 0 Å². The van der Waals surface area contributed by atoms with Crippen molar-refractivity contribution in [2.24, 2.45) is 0 Å². The molecule has 0 saturated carbocycles. The highest BCUT2D eigenvalue weighted by Crippen LogP contribution is 2.57. The van der Waals surface area contributed by atoms with Gasteiger partial charge in [0, 0.05) is 83.8 Å². The van der Waals surface area contributed by atoms with Gasteiger partial charge in [-0.25, -0.2) is 0 Å². The first kappa shape index (κ1) is 76.5. The molecule has 0 spiro atoms. The molecule has 24 rings (SSSR count). The minimum absolute atomic E-state index is 0.0335. The molecular weight excluding hydrogens is 1550 g/mol. The van der Waals surface area contributed by atoms with Gasteiger partial charge < -0.3 is 28.4 Å². The van der Waals surface area contributed by atoms with Crippen molar-refractivity contribution in [3.63, 3.8) is 0 Å². The predicted molar refractivity (Wildman–Crippen MR) is 541 cm³/mol. The standard InChI is InChI=1S/C120H92B2N4O2/c1-118(2,3)85-58-63-102-95(70-85)96-71-86(119(4,5)6)59-64-103(96)123(102)88-60-54-77(55-61-88)83-56-62-97-104(68-83)125(114-89(78-38-20-12-21-39-78)48-32-49-90(114)79-40-22-13-23-41-79)105-72-87(120(7,8)9)73-106-111(105)122(97)112-107(126(106)115-91(80-42-24-14-25-43-80)50-33-51-92(115)81-44-26-15-27-45-81)74-110-113-117(112)127-109-65-57-82(75-34-16-10-17-35-75)66-98(109)121(113)99-67-84(76-36-18-11-19-37-76)69-108(116(99)128-110)124-100-52-30-28-46-93(100)94-47-29-31-53-101(94)124/h10-74H,1-9H3. The van der Waals surface area contributed by atoms with E-state index in [1.807, 2.05) is 0 Å². The molecule has 0 radical (unpaired) electrons. The van der Waals surface area contributed by atoms with Gasteiger partial charge in [0.2, 0.25) is 0 Å². The summed E-state index contributed by atoms with van der Waals surface area (Å²) in [6.45, 7) is 20.2. The van der Waals surface area contributed by atoms with E-state index >= 15 is 0 Å². The van der Waals surface area contributed by atoms with E-state index in [1.165, 1.54) is 49.3 Å². The molecule has 6 heterocycles. The highest BCUT2D eigenvalue weighted by molar-refractivity contribution is 7.03. The normalized spacial score (nSPS) is 13.1. The molecule has 0 fully saturated rings. The lowest BCUT2D eigenvalue weighted by Gasteiger charge is -2.48. The molecule has 20 aromatic rings. The first-order valence-electron chi connectivity index (χ1n) is 45.0. The number of fused-ring (bicyclic) bond motifs is 15. The quantitative estimate of drug-likeness (QED) is 0.121. The molecule has 4 aliphatic heterocycles. The fourth-order valence-electron chi connectivity index (χ4n) is 21.2. The van der Waals surface area contributed by atoms with Crippen LogP contribution in [0, 0.1) is 0 Å². The predicted octanol–water partition coefficient (Wildman–Crippen LogP) is 28.3. The number of hydrogen-bond acceptors (Lipinski definition) is 4. The Balaban J connectivity index is 0.829. The zero-order valence-electron chi connectivity index (χ0n) is 73.3. The number of para-hydroxylation sites is 4. The van der Waals surface area contributed by atoms with E-state index in [2.05, 4.69) is 476 Å². The molecule has 0 bridgehead atoms. The van der Waals surface area contributed by atoms with Gasteiger partial charge in [0.1, 0.15) is 23.0 Å². The van der Waals surface area contributed by atoms with E-state index in [-0.39, 0.29) is 10.8 Å². The van der Waals surface area contributed by atoms with E-state index in [0.29, 0.717) is 0 Å². The molecule has 0 atom stereocenters. The molecule has 6 nitrogen and oxygen atoms in total. The minimum atomic E-state index is -0.472. The summed E-state index contributed by atoms with van der Waals surface area (Å²) in [6, 6.07) is 148. The Hall–Kier alpha value is -15.1. The van der Waals surface area contributed by atoms with Crippen LogP contribution >= 0.6 is 0 Å². The lowest BCUT2D eigenvalue weighted by Crippen LogP contribution is -2.65. The van der Waals surface area contributed by atoms with Crippen molar-refractivity contribution in [1.29, 1.82) is 0 Å². The minimum Gasteiger partial charge on any atom is -0.459 e. The molecular formula is C120H92B2N4O2. The Kier molecular flexibility index (Phi) is 17.5. The van der Waals surface area contributed by atoms with Crippen LogP contribution in [0.2, 0.25) is 0 Å². The molecule has 0 aliphatic carbocycles. The van der Waals surface area contributed by atoms with Crippen LogP contribution in [-0.2, 0) is 16.2 Å². The molecule has 2 aromatic heterocycles. The summed E-state index contributed by atoms with van der Waals surface area (Å²) in [6.07, 6.45) is 0. The average Bonchev–Trinajstić information content (AvgIpc) is 0.767. The first-order chi connectivity index (χ1) is 62.4. The molecule has 0 N–H and O–H groups in total. The van der Waals surface area contributed by atoms with Crippen molar-refractivity contribution >= 4 is 124 Å². The maximum absolute atomic E-state index is 8.35. The van der Waals surface area contributed by atoms with Crippen molar-refractivity contribution < 1.29 is 9.47 Å². The number of hydrogen-bond donors (Lipinski definition) is 0. The molecule has 18 aromatic carbocycles. The zero-order valence-corrected chi connectivity index (χ0v) is 73.3. The van der Waals surface area contributed by atoms with Crippen LogP contribution in [0.4, 0.5) is 34.1 Å². The summed E-state index contributed by atoms with van der Waals surface area (Å²) in [5.41, 5.74) is 38.1. The molecule has 0 saturated heterocycles. The van der Waals surface area contributed by atoms with E-state index < -0.39 is 18.8 Å². The molecule has 8 heteroatoms. The highest BCUT2D eigenvalue weighted by Gasteiger charge is 2.52. The van der Waals surface area contributed by atoms with Crippen LogP contribution in [0.3, 0.4) is 0 Å². The Morgan fingerprint density at radius 2 is 0.609 bits per heavy atom. The Labute approximate surface area is 749 Å². The van der Waals surface area contributed by atoms with Crippen molar-refractivity contribution in [3.8, 4) is 112 Å². The molecule has 4 aliphatic rings. The number of nitrogens with zero attached hydrogens (tertiary/aromatic N) is 4. The summed E-state index contributed by atoms with van der Waals surface area (Å²) in [5, 5.41) is 4.87. The third-order valence-corrected chi connectivity index (χ3v) is 27.5. The van der Waals surface area contributed by atoms with E-state index in [0.717, 1.165) is 190 Å². The van der Waals surface area contributed by atoms with Gasteiger partial charge in [-0.05, 0) is 195 Å². The second-order valence-electron chi connectivity index (χ2n) is 38.2. The molecule has 128 heavy (non-hydrogen) atoms. The van der Waals surface area contributed by atoms with Crippen LogP contribution < -0.4 is 52.1 Å². The van der Waals surface area contributed by atoms with E-state index in [4.69, 9.17) is 9.47 Å². The third kappa shape index (κ3) is 12.2. The lowest BCUT2D eigenvalue weighted by atomic mass is 9.30. The third-order valence-electron chi connectivity index (χ3n) is 27.5. The molecule has 610 valence electrons. The second kappa shape index (κ2) is 29.2. The average molecular weight is 1640 g/mol. The largest absolute Gasteiger partial charge is 0.459 e. The molecule has 0 unspecified atom stereocenters. The number of benzene rings is 18. The van der Waals surface area contributed by atoms with Crippen molar-refractivity contribution in [2.45, 2.75) is 78.6 Å². The topological polar surface area (TPSA) is 34.8 Å². The van der Waals surface area contributed by atoms with Crippen LogP contribution in [-0.4, -0.2) is 22.6 Å². The van der Waals surface area contributed by atoms with Crippen LogP contribution in [0.15, 0.2) is 394 Å². The Morgan fingerprint density at radius 1 is 0.219 bits per heavy atom. The fraction of sp³-hybridized carbons (Fsp3) is 0.100. The number of anilines is 6. The first-order valence-corrected chi connectivity index (χ1v) is 45.0. The van der Waals surface area contributed by atoms with Crippen LogP contribution in [0.25, 0.3) is 133 Å². The van der Waals surface area contributed by atoms with Crippen molar-refractivity contribution in [2.75, 3.05) is 9.80 Å². The maximum Gasteiger partial charge on any atom is 0.260 e. The summed E-state index contributed by atoms with van der Waals surface area (Å²) in [4.78, 5) is 5.35. The number of ether oxygens (including phenoxy) is 2. The summed E-state index contributed by atoms with van der Waals surface area (Å²) in [7, 11) is 0. The van der Waals surface area contributed by atoms with Gasteiger partial charge >= 0.3 is 0 Å². The van der Waals surface area contributed by atoms with Crippen molar-refractivity contribution in [1.82, 2.24) is 9.13 Å².